The minimum atomic E-state index is -0.413. The number of benzene rings is 1. The van der Waals surface area contributed by atoms with E-state index in [2.05, 4.69) is 34.8 Å². The second-order valence-electron chi connectivity index (χ2n) is 5.73. The number of alkyl halides is 1. The molecule has 0 radical (unpaired) electrons. The third-order valence-electron chi connectivity index (χ3n) is 3.63. The predicted octanol–water partition coefficient (Wildman–Crippen LogP) is 1.66. The van der Waals surface area contributed by atoms with Crippen LogP contribution in [0.1, 0.15) is 6.92 Å². The van der Waals surface area contributed by atoms with Crippen molar-refractivity contribution < 1.29 is 14.3 Å². The molecule has 0 saturated carbocycles. The normalized spacial score (nSPS) is 30.3. The van der Waals surface area contributed by atoms with E-state index < -0.39 is 6.04 Å². The molecule has 0 spiro atoms. The van der Waals surface area contributed by atoms with Crippen molar-refractivity contribution in [2.75, 3.05) is 18.9 Å². The molecule has 2 unspecified atom stereocenters. The summed E-state index contributed by atoms with van der Waals surface area (Å²) >= 11 is 4.12. The van der Waals surface area contributed by atoms with E-state index in [0.717, 1.165) is 12.3 Å². The van der Waals surface area contributed by atoms with Gasteiger partial charge in [0.2, 0.25) is 5.91 Å². The predicted molar refractivity (Wildman–Crippen MR) is 94.3 cm³/mol. The number of hydrogen-bond donors (Lipinski definition) is 1. The molecule has 2 amide bonds. The second kappa shape index (κ2) is 6.27. The van der Waals surface area contributed by atoms with Gasteiger partial charge in [-0.15, -0.1) is 11.8 Å². The fourth-order valence-electron chi connectivity index (χ4n) is 2.55. The number of β-lactam (4-membered cyclic amide) rings is 1. The van der Waals surface area contributed by atoms with Gasteiger partial charge in [0.25, 0.3) is 5.91 Å². The lowest BCUT2D eigenvalue weighted by Gasteiger charge is -2.52. The van der Waals surface area contributed by atoms with Crippen LogP contribution >= 0.6 is 34.4 Å². The molecule has 3 atom stereocenters. The molecule has 2 heterocycles. The third kappa shape index (κ3) is 3.34. The molecule has 3 rings (SSSR count). The topological polar surface area (TPSA) is 58.6 Å². The maximum Gasteiger partial charge on any atom is 0.258 e. The minimum absolute atomic E-state index is 0.00755. The van der Waals surface area contributed by atoms with Gasteiger partial charge in [-0.2, -0.15) is 0 Å². The van der Waals surface area contributed by atoms with Gasteiger partial charge in [0, 0.05) is 15.7 Å². The van der Waals surface area contributed by atoms with Crippen molar-refractivity contribution in [3.63, 3.8) is 0 Å². The smallest absolute Gasteiger partial charge is 0.258 e. The van der Waals surface area contributed by atoms with Gasteiger partial charge >= 0.3 is 0 Å². The Bertz CT molecular complexity index is 581. The average Bonchev–Trinajstić information content (AvgIpc) is 2.51. The van der Waals surface area contributed by atoms with Gasteiger partial charge in [0.1, 0.15) is 17.2 Å². The molecular formula is C15H17IN2O3S. The van der Waals surface area contributed by atoms with E-state index in [1.807, 2.05) is 23.1 Å². The molecular weight excluding hydrogens is 415 g/mol. The number of ether oxygens (including phenoxy) is 1. The average molecular weight is 432 g/mol. The zero-order valence-electron chi connectivity index (χ0n) is 12.1. The Morgan fingerprint density at radius 2 is 2.23 bits per heavy atom. The Hall–Kier alpha value is -0.960. The lowest BCUT2D eigenvalue weighted by Crippen LogP contribution is -2.73. The maximum absolute atomic E-state index is 12.1. The Kier molecular flexibility index (Phi) is 4.54. The minimum Gasteiger partial charge on any atom is -0.484 e. The van der Waals surface area contributed by atoms with Crippen LogP contribution in [0, 0.1) is 0 Å². The Balaban J connectivity index is 1.50. The Labute approximate surface area is 147 Å². The molecule has 7 heteroatoms. The molecule has 118 valence electrons. The van der Waals surface area contributed by atoms with Crippen LogP contribution in [-0.4, -0.2) is 50.5 Å². The van der Waals surface area contributed by atoms with E-state index in [0.29, 0.717) is 5.75 Å². The highest BCUT2D eigenvalue weighted by atomic mass is 127. The zero-order chi connectivity index (χ0) is 15.7. The van der Waals surface area contributed by atoms with Crippen LogP contribution in [0.25, 0.3) is 0 Å². The first-order valence-electron chi connectivity index (χ1n) is 7.04. The zero-order valence-corrected chi connectivity index (χ0v) is 15.1. The number of para-hydroxylation sites is 1. The lowest BCUT2D eigenvalue weighted by atomic mass is 10.0. The fourth-order valence-corrected chi connectivity index (χ4v) is 4.80. The summed E-state index contributed by atoms with van der Waals surface area (Å²) in [4.78, 5) is 25.9. The van der Waals surface area contributed by atoms with Crippen molar-refractivity contribution in [3.05, 3.63) is 30.3 Å². The Morgan fingerprint density at radius 1 is 1.50 bits per heavy atom. The van der Waals surface area contributed by atoms with Gasteiger partial charge in [-0.05, 0) is 19.1 Å². The fraction of sp³-hybridized carbons (Fsp3) is 0.467. The van der Waals surface area contributed by atoms with E-state index in [9.17, 15) is 9.59 Å². The van der Waals surface area contributed by atoms with E-state index in [-0.39, 0.29) is 27.2 Å². The standard InChI is InChI=1S/C15H17IN2O3S/c1-15(16)8-18-13(20)12(14(18)22-9-15)17-11(19)7-21-10-5-3-2-4-6-10/h2-6,12,14H,7-9H2,1H3,(H,17,19)/t12?,14-,15?/m1/s1. The highest BCUT2D eigenvalue weighted by Gasteiger charge is 2.53. The number of carbonyl (C=O) groups excluding carboxylic acids is 2. The molecule has 2 aliphatic heterocycles. The van der Waals surface area contributed by atoms with Gasteiger partial charge in [-0.3, -0.25) is 9.59 Å². The molecule has 5 nitrogen and oxygen atoms in total. The van der Waals surface area contributed by atoms with Crippen LogP contribution in [-0.2, 0) is 9.59 Å². The summed E-state index contributed by atoms with van der Waals surface area (Å²) in [6.07, 6.45) is 0. The van der Waals surface area contributed by atoms with Crippen molar-refractivity contribution in [2.24, 2.45) is 0 Å². The highest BCUT2D eigenvalue weighted by molar-refractivity contribution is 14.1. The summed E-state index contributed by atoms with van der Waals surface area (Å²) in [7, 11) is 0. The summed E-state index contributed by atoms with van der Waals surface area (Å²) in [6, 6.07) is 8.75. The summed E-state index contributed by atoms with van der Waals surface area (Å²) in [6.45, 7) is 2.82. The number of rotatable bonds is 4. The summed E-state index contributed by atoms with van der Waals surface area (Å²) in [5, 5.41) is 2.85. The van der Waals surface area contributed by atoms with Crippen molar-refractivity contribution >= 4 is 46.2 Å². The molecule has 2 fully saturated rings. The van der Waals surface area contributed by atoms with Crippen molar-refractivity contribution in [2.45, 2.75) is 21.8 Å². The van der Waals surface area contributed by atoms with Gasteiger partial charge in [-0.25, -0.2) is 0 Å². The second-order valence-corrected chi connectivity index (χ2v) is 9.44. The van der Waals surface area contributed by atoms with Gasteiger partial charge in [0.15, 0.2) is 6.61 Å². The molecule has 0 bridgehead atoms. The van der Waals surface area contributed by atoms with E-state index in [1.165, 1.54) is 0 Å². The number of halogens is 1. The van der Waals surface area contributed by atoms with Crippen LogP contribution in [0.5, 0.6) is 5.75 Å². The van der Waals surface area contributed by atoms with Crippen LogP contribution in [0.3, 0.4) is 0 Å². The van der Waals surface area contributed by atoms with Crippen molar-refractivity contribution in [1.82, 2.24) is 10.2 Å². The number of nitrogens with zero attached hydrogens (tertiary/aromatic N) is 1. The van der Waals surface area contributed by atoms with Gasteiger partial charge in [-0.1, -0.05) is 40.8 Å². The number of carbonyl (C=O) groups is 2. The monoisotopic (exact) mass is 432 g/mol. The largest absolute Gasteiger partial charge is 0.484 e. The van der Waals surface area contributed by atoms with Gasteiger partial charge in [0.05, 0.1) is 0 Å². The number of nitrogens with one attached hydrogen (secondary N) is 1. The van der Waals surface area contributed by atoms with E-state index in [4.69, 9.17) is 4.74 Å². The number of thioether (sulfide) groups is 1. The lowest BCUT2D eigenvalue weighted by molar-refractivity contribution is -0.149. The third-order valence-corrected chi connectivity index (χ3v) is 6.54. The summed E-state index contributed by atoms with van der Waals surface area (Å²) < 4.78 is 5.51. The molecule has 1 aromatic carbocycles. The van der Waals surface area contributed by atoms with Crippen LogP contribution in [0.2, 0.25) is 0 Å². The summed E-state index contributed by atoms with van der Waals surface area (Å²) in [5.74, 6) is 1.37. The highest BCUT2D eigenvalue weighted by Crippen LogP contribution is 2.41. The van der Waals surface area contributed by atoms with Crippen LogP contribution in [0.15, 0.2) is 30.3 Å². The number of fused-ring (bicyclic) bond motifs is 1. The van der Waals surface area contributed by atoms with Crippen LogP contribution < -0.4 is 10.1 Å². The molecule has 0 aromatic heterocycles. The SMILES string of the molecule is CC1(I)CS[C@@H]2C(NC(=O)COc3ccccc3)C(=O)N2C1. The molecule has 2 saturated heterocycles. The molecule has 2 aliphatic rings. The molecule has 1 N–H and O–H groups in total. The Morgan fingerprint density at radius 3 is 2.95 bits per heavy atom. The molecule has 0 aliphatic carbocycles. The van der Waals surface area contributed by atoms with Crippen molar-refractivity contribution in [3.8, 4) is 5.75 Å². The molecule has 22 heavy (non-hydrogen) atoms. The van der Waals surface area contributed by atoms with E-state index in [1.54, 1.807) is 23.9 Å². The summed E-state index contributed by atoms with van der Waals surface area (Å²) in [5.41, 5.74) is 0. The van der Waals surface area contributed by atoms with Gasteiger partial charge < -0.3 is 15.0 Å². The molecule has 1 aromatic rings. The number of hydrogen-bond acceptors (Lipinski definition) is 4. The first-order valence-corrected chi connectivity index (χ1v) is 9.17. The maximum atomic E-state index is 12.1. The van der Waals surface area contributed by atoms with E-state index >= 15 is 0 Å². The van der Waals surface area contributed by atoms with Crippen molar-refractivity contribution in [1.29, 1.82) is 0 Å². The quantitative estimate of drug-likeness (QED) is 0.447. The number of amides is 2. The first-order chi connectivity index (χ1) is 10.5. The first kappa shape index (κ1) is 15.9. The van der Waals surface area contributed by atoms with Crippen LogP contribution in [0.4, 0.5) is 0 Å².